The molecule has 0 aliphatic heterocycles. The summed E-state index contributed by atoms with van der Waals surface area (Å²) in [4.78, 5) is 27.6. The van der Waals surface area contributed by atoms with Crippen LogP contribution in [0.3, 0.4) is 0 Å². The largest absolute Gasteiger partial charge is 0.478 e. The summed E-state index contributed by atoms with van der Waals surface area (Å²) in [6.07, 6.45) is 3.25. The van der Waals surface area contributed by atoms with E-state index < -0.39 is 5.97 Å². The summed E-state index contributed by atoms with van der Waals surface area (Å²) in [5.41, 5.74) is 1.30. The van der Waals surface area contributed by atoms with Crippen LogP contribution >= 0.6 is 0 Å². The highest BCUT2D eigenvalue weighted by Crippen LogP contribution is 2.16. The Kier molecular flexibility index (Phi) is 2.80. The molecule has 0 radical (unpaired) electrons. The number of ketones is 1. The van der Waals surface area contributed by atoms with Gasteiger partial charge in [0.25, 0.3) is 0 Å². The number of carboxylic acid groups (broad SMARTS) is 1. The maximum atomic E-state index is 12.5. The van der Waals surface area contributed by atoms with Crippen molar-refractivity contribution in [1.29, 1.82) is 0 Å². The molecule has 3 aromatic heterocycles. The van der Waals surface area contributed by atoms with Gasteiger partial charge in [0.2, 0.25) is 5.78 Å². The van der Waals surface area contributed by atoms with Crippen LogP contribution in [0.15, 0.2) is 54.9 Å². The Bertz CT molecular complexity index is 806. The van der Waals surface area contributed by atoms with Crippen molar-refractivity contribution in [2.75, 3.05) is 0 Å². The minimum absolute atomic E-state index is 0.0791. The second-order valence-electron chi connectivity index (χ2n) is 4.28. The van der Waals surface area contributed by atoms with E-state index in [2.05, 4.69) is 4.98 Å². The van der Waals surface area contributed by atoms with Crippen LogP contribution in [0.5, 0.6) is 0 Å². The predicted molar refractivity (Wildman–Crippen MR) is 72.0 cm³/mol. The number of hydrogen-bond donors (Lipinski definition) is 1. The van der Waals surface area contributed by atoms with Gasteiger partial charge in [0.1, 0.15) is 5.69 Å². The summed E-state index contributed by atoms with van der Waals surface area (Å²) >= 11 is 0. The SMILES string of the molecule is O=C(O)c1cc(C(=O)c2ccccn2)n2cccc2c1. The number of nitrogens with zero attached hydrogens (tertiary/aromatic N) is 2. The number of fused-ring (bicyclic) bond motifs is 1. The molecule has 5 heteroatoms. The first-order valence-corrected chi connectivity index (χ1v) is 5.97. The molecule has 0 spiro atoms. The lowest BCUT2D eigenvalue weighted by Gasteiger charge is -2.07. The summed E-state index contributed by atoms with van der Waals surface area (Å²) in [6, 6.07) is 11.4. The van der Waals surface area contributed by atoms with Crippen molar-refractivity contribution >= 4 is 17.3 Å². The van der Waals surface area contributed by atoms with Crippen molar-refractivity contribution < 1.29 is 14.7 Å². The molecule has 3 rings (SSSR count). The summed E-state index contributed by atoms with van der Waals surface area (Å²) in [7, 11) is 0. The molecule has 3 aromatic rings. The van der Waals surface area contributed by atoms with Crippen molar-refractivity contribution in [2.24, 2.45) is 0 Å². The Hall–Kier alpha value is -2.95. The highest BCUT2D eigenvalue weighted by molar-refractivity contribution is 6.08. The standard InChI is InChI=1S/C15H10N2O3/c18-14(12-5-1-2-6-16-12)13-9-10(15(19)20)8-11-4-3-7-17(11)13/h1-9H,(H,19,20). The molecule has 5 nitrogen and oxygen atoms in total. The van der Waals surface area contributed by atoms with E-state index in [0.29, 0.717) is 5.52 Å². The van der Waals surface area contributed by atoms with E-state index in [0.717, 1.165) is 0 Å². The number of aromatic nitrogens is 2. The van der Waals surface area contributed by atoms with Crippen LogP contribution < -0.4 is 0 Å². The topological polar surface area (TPSA) is 71.7 Å². The van der Waals surface area contributed by atoms with Crippen LogP contribution in [-0.4, -0.2) is 26.2 Å². The van der Waals surface area contributed by atoms with Crippen molar-refractivity contribution in [3.05, 3.63) is 71.8 Å². The first kappa shape index (κ1) is 12.1. The lowest BCUT2D eigenvalue weighted by Crippen LogP contribution is -2.11. The fraction of sp³-hybridized carbons (Fsp3) is 0. The number of rotatable bonds is 3. The maximum absolute atomic E-state index is 12.5. The summed E-state index contributed by atoms with van der Waals surface area (Å²) in [5, 5.41) is 9.12. The lowest BCUT2D eigenvalue weighted by molar-refractivity contribution is 0.0697. The Labute approximate surface area is 114 Å². The van der Waals surface area contributed by atoms with E-state index in [9.17, 15) is 9.59 Å². The van der Waals surface area contributed by atoms with Crippen LogP contribution in [0.25, 0.3) is 5.52 Å². The van der Waals surface area contributed by atoms with Gasteiger partial charge in [0, 0.05) is 17.9 Å². The van der Waals surface area contributed by atoms with E-state index in [1.165, 1.54) is 18.3 Å². The van der Waals surface area contributed by atoms with Crippen molar-refractivity contribution in [3.63, 3.8) is 0 Å². The molecule has 0 aliphatic carbocycles. The van der Waals surface area contributed by atoms with Crippen LogP contribution in [0, 0.1) is 0 Å². The molecule has 0 bridgehead atoms. The highest BCUT2D eigenvalue weighted by atomic mass is 16.4. The van der Waals surface area contributed by atoms with E-state index in [1.807, 2.05) is 0 Å². The van der Waals surface area contributed by atoms with Gasteiger partial charge in [-0.05, 0) is 36.4 Å². The Balaban J connectivity index is 2.22. The predicted octanol–water partition coefficient (Wildman–Crippen LogP) is 2.26. The number of pyridine rings is 2. The van der Waals surface area contributed by atoms with Crippen LogP contribution in [-0.2, 0) is 0 Å². The Morgan fingerprint density at radius 2 is 1.95 bits per heavy atom. The van der Waals surface area contributed by atoms with Gasteiger partial charge in [0.15, 0.2) is 0 Å². The molecule has 0 unspecified atom stereocenters. The zero-order valence-corrected chi connectivity index (χ0v) is 10.4. The molecule has 0 saturated heterocycles. The van der Waals surface area contributed by atoms with E-state index in [4.69, 9.17) is 5.11 Å². The van der Waals surface area contributed by atoms with Gasteiger partial charge in [-0.1, -0.05) is 6.07 Å². The number of aromatic carboxylic acids is 1. The van der Waals surface area contributed by atoms with Gasteiger partial charge in [-0.3, -0.25) is 9.78 Å². The third kappa shape index (κ3) is 1.95. The van der Waals surface area contributed by atoms with Crippen molar-refractivity contribution in [3.8, 4) is 0 Å². The number of carbonyl (C=O) groups is 2. The molecular formula is C15H10N2O3. The van der Waals surface area contributed by atoms with Crippen LogP contribution in [0.2, 0.25) is 0 Å². The third-order valence-corrected chi connectivity index (χ3v) is 3.01. The number of hydrogen-bond acceptors (Lipinski definition) is 3. The monoisotopic (exact) mass is 266 g/mol. The third-order valence-electron chi connectivity index (χ3n) is 3.01. The molecule has 0 fully saturated rings. The van der Waals surface area contributed by atoms with Gasteiger partial charge in [0.05, 0.1) is 11.3 Å². The first-order chi connectivity index (χ1) is 9.66. The maximum Gasteiger partial charge on any atom is 0.335 e. The lowest BCUT2D eigenvalue weighted by atomic mass is 10.1. The molecule has 0 saturated carbocycles. The van der Waals surface area contributed by atoms with Gasteiger partial charge in [-0.15, -0.1) is 0 Å². The molecule has 3 heterocycles. The van der Waals surface area contributed by atoms with E-state index in [1.54, 1.807) is 40.9 Å². The van der Waals surface area contributed by atoms with Gasteiger partial charge in [-0.25, -0.2) is 4.79 Å². The molecular weight excluding hydrogens is 256 g/mol. The van der Waals surface area contributed by atoms with E-state index >= 15 is 0 Å². The molecule has 0 amide bonds. The van der Waals surface area contributed by atoms with Crippen molar-refractivity contribution in [1.82, 2.24) is 9.38 Å². The Morgan fingerprint density at radius 3 is 2.65 bits per heavy atom. The summed E-state index contributed by atoms with van der Waals surface area (Å²) in [5.74, 6) is -1.38. The molecule has 98 valence electrons. The first-order valence-electron chi connectivity index (χ1n) is 5.97. The minimum Gasteiger partial charge on any atom is -0.478 e. The Morgan fingerprint density at radius 1 is 1.10 bits per heavy atom. The zero-order chi connectivity index (χ0) is 14.1. The van der Waals surface area contributed by atoms with Gasteiger partial charge >= 0.3 is 5.97 Å². The van der Waals surface area contributed by atoms with Gasteiger partial charge in [-0.2, -0.15) is 0 Å². The number of carbonyl (C=O) groups excluding carboxylic acids is 1. The second kappa shape index (κ2) is 4.62. The quantitative estimate of drug-likeness (QED) is 0.738. The minimum atomic E-state index is -1.07. The molecule has 0 aliphatic rings. The zero-order valence-electron chi connectivity index (χ0n) is 10.4. The molecule has 0 atom stereocenters. The smallest absolute Gasteiger partial charge is 0.335 e. The van der Waals surface area contributed by atoms with Gasteiger partial charge < -0.3 is 9.51 Å². The second-order valence-corrected chi connectivity index (χ2v) is 4.28. The number of carboxylic acids is 1. The average molecular weight is 266 g/mol. The summed E-state index contributed by atoms with van der Waals surface area (Å²) < 4.78 is 1.66. The molecule has 0 aromatic carbocycles. The molecule has 1 N–H and O–H groups in total. The summed E-state index contributed by atoms with van der Waals surface area (Å²) in [6.45, 7) is 0. The fourth-order valence-corrected chi connectivity index (χ4v) is 2.08. The van der Waals surface area contributed by atoms with Crippen LogP contribution in [0.4, 0.5) is 0 Å². The average Bonchev–Trinajstić information content (AvgIpc) is 2.94. The van der Waals surface area contributed by atoms with E-state index in [-0.39, 0.29) is 22.7 Å². The normalized spacial score (nSPS) is 10.6. The van der Waals surface area contributed by atoms with Crippen LogP contribution in [0.1, 0.15) is 26.5 Å². The molecule has 20 heavy (non-hydrogen) atoms. The van der Waals surface area contributed by atoms with Crippen molar-refractivity contribution in [2.45, 2.75) is 0 Å². The fourth-order valence-electron chi connectivity index (χ4n) is 2.08. The highest BCUT2D eigenvalue weighted by Gasteiger charge is 2.16.